The molecule has 3 aromatic heterocycles. The third kappa shape index (κ3) is 4.36. The van der Waals surface area contributed by atoms with E-state index in [1.165, 1.54) is 22.3 Å². The van der Waals surface area contributed by atoms with Crippen molar-refractivity contribution in [2.24, 2.45) is 0 Å². The molecule has 0 saturated carbocycles. The van der Waals surface area contributed by atoms with E-state index in [1.54, 1.807) is 12.3 Å². The van der Waals surface area contributed by atoms with Crippen LogP contribution in [0.4, 0.5) is 13.2 Å². The average Bonchev–Trinajstić information content (AvgIpc) is 2.97. The van der Waals surface area contributed by atoms with Gasteiger partial charge in [-0.1, -0.05) is 0 Å². The Hall–Kier alpha value is -3.59. The fraction of sp³-hybridized carbons (Fsp3) is 0.250. The van der Waals surface area contributed by atoms with Gasteiger partial charge in [0.1, 0.15) is 23.7 Å². The van der Waals surface area contributed by atoms with Crippen molar-refractivity contribution >= 4 is 11.0 Å². The SMILES string of the molecule is O=c1cc(OCc2ccc(C(F)(F)F)cn2)ccn1-c1ccc2c3c(oc2c1)CCCNC3. The summed E-state index contributed by atoms with van der Waals surface area (Å²) in [6.07, 6.45) is -0.189. The van der Waals surface area contributed by atoms with E-state index in [1.807, 2.05) is 18.2 Å². The van der Waals surface area contributed by atoms with Crippen LogP contribution in [0.25, 0.3) is 16.7 Å². The highest BCUT2D eigenvalue weighted by atomic mass is 19.4. The molecule has 1 aliphatic heterocycles. The molecular weight excluding hydrogens is 435 g/mol. The number of halogens is 3. The molecule has 0 amide bonds. The summed E-state index contributed by atoms with van der Waals surface area (Å²) in [6.45, 7) is 1.67. The van der Waals surface area contributed by atoms with Crippen molar-refractivity contribution in [2.45, 2.75) is 32.2 Å². The standard InChI is InChI=1S/C24H20F3N3O3/c25-24(26,27)15-3-4-16(29-12-15)14-32-18-7-9-30(23(31)11-18)17-5-6-19-20-13-28-8-1-2-21(20)33-22(19)10-17/h3-7,9-12,28H,1-2,8,13-14H2. The highest BCUT2D eigenvalue weighted by Gasteiger charge is 2.30. The number of aromatic nitrogens is 2. The first-order chi connectivity index (χ1) is 15.9. The predicted molar refractivity (Wildman–Crippen MR) is 115 cm³/mol. The summed E-state index contributed by atoms with van der Waals surface area (Å²) >= 11 is 0. The summed E-state index contributed by atoms with van der Waals surface area (Å²) in [5.41, 5.74) is 1.77. The summed E-state index contributed by atoms with van der Waals surface area (Å²) < 4.78 is 51.0. The molecule has 4 heterocycles. The van der Waals surface area contributed by atoms with E-state index in [0.717, 1.165) is 54.9 Å². The van der Waals surface area contributed by atoms with Crippen LogP contribution in [-0.4, -0.2) is 16.1 Å². The summed E-state index contributed by atoms with van der Waals surface area (Å²) in [6, 6.07) is 10.8. The van der Waals surface area contributed by atoms with Crippen LogP contribution >= 0.6 is 0 Å². The van der Waals surface area contributed by atoms with E-state index in [0.29, 0.717) is 17.1 Å². The highest BCUT2D eigenvalue weighted by Crippen LogP contribution is 2.30. The van der Waals surface area contributed by atoms with Crippen LogP contribution < -0.4 is 15.6 Å². The minimum atomic E-state index is -4.44. The number of fused-ring (bicyclic) bond motifs is 3. The average molecular weight is 455 g/mol. The zero-order chi connectivity index (χ0) is 23.0. The molecule has 0 bridgehead atoms. The molecule has 0 fully saturated rings. The Kier molecular flexibility index (Phi) is 5.41. The van der Waals surface area contributed by atoms with Gasteiger partial charge >= 0.3 is 6.18 Å². The Balaban J connectivity index is 1.33. The van der Waals surface area contributed by atoms with Crippen LogP contribution in [0, 0.1) is 0 Å². The lowest BCUT2D eigenvalue weighted by molar-refractivity contribution is -0.137. The van der Waals surface area contributed by atoms with Crippen molar-refractivity contribution in [3.63, 3.8) is 0 Å². The Morgan fingerprint density at radius 1 is 1.15 bits per heavy atom. The Morgan fingerprint density at radius 2 is 2.03 bits per heavy atom. The maximum Gasteiger partial charge on any atom is 0.417 e. The van der Waals surface area contributed by atoms with Crippen molar-refractivity contribution in [3.8, 4) is 11.4 Å². The zero-order valence-electron chi connectivity index (χ0n) is 17.5. The molecule has 33 heavy (non-hydrogen) atoms. The summed E-state index contributed by atoms with van der Waals surface area (Å²) in [7, 11) is 0. The number of aryl methyl sites for hydroxylation is 1. The van der Waals surface area contributed by atoms with Crippen LogP contribution in [-0.2, 0) is 25.7 Å². The van der Waals surface area contributed by atoms with Gasteiger partial charge in [0, 0.05) is 48.4 Å². The maximum atomic E-state index is 12.7. The van der Waals surface area contributed by atoms with E-state index in [2.05, 4.69) is 10.3 Å². The van der Waals surface area contributed by atoms with Crippen LogP contribution in [0.15, 0.2) is 64.1 Å². The van der Waals surface area contributed by atoms with Gasteiger partial charge in [-0.25, -0.2) is 0 Å². The summed E-state index contributed by atoms with van der Waals surface area (Å²) in [4.78, 5) is 16.5. The maximum absolute atomic E-state index is 12.7. The number of pyridine rings is 2. The first-order valence-electron chi connectivity index (χ1n) is 10.5. The van der Waals surface area contributed by atoms with E-state index in [4.69, 9.17) is 9.15 Å². The van der Waals surface area contributed by atoms with E-state index in [-0.39, 0.29) is 12.2 Å². The third-order valence-electron chi connectivity index (χ3n) is 5.63. The minimum Gasteiger partial charge on any atom is -0.487 e. The van der Waals surface area contributed by atoms with Crippen LogP contribution in [0.2, 0.25) is 0 Å². The molecule has 0 atom stereocenters. The predicted octanol–water partition coefficient (Wildman–Crippen LogP) is 4.61. The van der Waals surface area contributed by atoms with Crippen molar-refractivity contribution in [2.75, 3.05) is 6.54 Å². The van der Waals surface area contributed by atoms with Crippen LogP contribution in [0.3, 0.4) is 0 Å². The molecule has 0 radical (unpaired) electrons. The van der Waals surface area contributed by atoms with Crippen molar-refractivity contribution in [1.82, 2.24) is 14.9 Å². The molecule has 1 N–H and O–H groups in total. The second kappa shape index (κ2) is 8.40. The smallest absolute Gasteiger partial charge is 0.417 e. The lowest BCUT2D eigenvalue weighted by Gasteiger charge is -2.10. The Morgan fingerprint density at radius 3 is 2.79 bits per heavy atom. The van der Waals surface area contributed by atoms with Crippen LogP contribution in [0.1, 0.15) is 29.0 Å². The number of furan rings is 1. The summed E-state index contributed by atoms with van der Waals surface area (Å²) in [5.74, 6) is 1.29. The first kappa shape index (κ1) is 21.3. The third-order valence-corrected chi connectivity index (χ3v) is 5.63. The largest absolute Gasteiger partial charge is 0.487 e. The second-order valence-electron chi connectivity index (χ2n) is 7.86. The normalized spacial score (nSPS) is 14.2. The number of nitrogens with one attached hydrogen (secondary N) is 1. The lowest BCUT2D eigenvalue weighted by atomic mass is 10.1. The molecule has 0 aliphatic carbocycles. The zero-order valence-corrected chi connectivity index (χ0v) is 17.5. The van der Waals surface area contributed by atoms with Crippen LogP contribution in [0.5, 0.6) is 5.75 Å². The molecule has 6 nitrogen and oxygen atoms in total. The van der Waals surface area contributed by atoms with Gasteiger partial charge < -0.3 is 14.5 Å². The number of benzene rings is 1. The van der Waals surface area contributed by atoms with Crippen molar-refractivity contribution in [3.05, 3.63) is 87.8 Å². The van der Waals surface area contributed by atoms with Crippen molar-refractivity contribution < 1.29 is 22.3 Å². The quantitative estimate of drug-likeness (QED) is 0.487. The van der Waals surface area contributed by atoms with Gasteiger partial charge in [-0.2, -0.15) is 13.2 Å². The fourth-order valence-corrected chi connectivity index (χ4v) is 3.92. The Labute approximate surface area is 186 Å². The van der Waals surface area contributed by atoms with E-state index in [9.17, 15) is 18.0 Å². The number of alkyl halides is 3. The molecule has 1 aliphatic rings. The Bertz CT molecular complexity index is 1360. The topological polar surface area (TPSA) is 69.3 Å². The number of ether oxygens (including phenoxy) is 1. The number of hydrogen-bond donors (Lipinski definition) is 1. The van der Waals surface area contributed by atoms with Gasteiger partial charge in [0.15, 0.2) is 0 Å². The van der Waals surface area contributed by atoms with Crippen molar-refractivity contribution in [1.29, 1.82) is 0 Å². The molecule has 4 aromatic rings. The molecular formula is C24H20F3N3O3. The number of hydrogen-bond acceptors (Lipinski definition) is 5. The lowest BCUT2D eigenvalue weighted by Crippen LogP contribution is -2.16. The van der Waals surface area contributed by atoms with Gasteiger partial charge in [-0.15, -0.1) is 0 Å². The molecule has 9 heteroatoms. The molecule has 5 rings (SSSR count). The summed E-state index contributed by atoms with van der Waals surface area (Å²) in [5, 5.41) is 4.43. The van der Waals surface area contributed by atoms with E-state index < -0.39 is 11.7 Å². The minimum absolute atomic E-state index is 0.0560. The highest BCUT2D eigenvalue weighted by molar-refractivity contribution is 5.84. The first-order valence-corrected chi connectivity index (χ1v) is 10.5. The molecule has 0 saturated heterocycles. The van der Waals surface area contributed by atoms with Gasteiger partial charge in [0.05, 0.1) is 16.9 Å². The van der Waals surface area contributed by atoms with Gasteiger partial charge in [0.25, 0.3) is 5.56 Å². The molecule has 0 spiro atoms. The molecule has 1 aromatic carbocycles. The molecule has 0 unspecified atom stereocenters. The monoisotopic (exact) mass is 455 g/mol. The van der Waals surface area contributed by atoms with Gasteiger partial charge in [0.2, 0.25) is 0 Å². The number of nitrogens with zero attached hydrogens (tertiary/aromatic N) is 2. The van der Waals surface area contributed by atoms with Gasteiger partial charge in [-0.3, -0.25) is 14.3 Å². The van der Waals surface area contributed by atoms with E-state index >= 15 is 0 Å². The second-order valence-corrected chi connectivity index (χ2v) is 7.86. The molecule has 170 valence electrons. The number of rotatable bonds is 4. The fourth-order valence-electron chi connectivity index (χ4n) is 3.92. The van der Waals surface area contributed by atoms with Gasteiger partial charge in [-0.05, 0) is 43.3 Å².